The molecule has 0 unspecified atom stereocenters. The van der Waals surface area contributed by atoms with Crippen LogP contribution in [0, 0.1) is 0 Å². The molecule has 134 valence electrons. The largest absolute Gasteiger partial charge is 0.493 e. The highest BCUT2D eigenvalue weighted by atomic mass is 16.5. The third-order valence-electron chi connectivity index (χ3n) is 4.51. The van der Waals surface area contributed by atoms with Crippen LogP contribution in [-0.2, 0) is 19.5 Å². The van der Waals surface area contributed by atoms with Gasteiger partial charge in [0, 0.05) is 32.4 Å². The molecule has 0 saturated carbocycles. The van der Waals surface area contributed by atoms with Crippen LogP contribution >= 0.6 is 0 Å². The lowest BCUT2D eigenvalue weighted by Crippen LogP contribution is -2.13. The van der Waals surface area contributed by atoms with Crippen LogP contribution in [0.15, 0.2) is 36.4 Å². The third kappa shape index (κ3) is 4.24. The van der Waals surface area contributed by atoms with Gasteiger partial charge in [0.2, 0.25) is 0 Å². The van der Waals surface area contributed by atoms with Gasteiger partial charge in [0.05, 0.1) is 13.7 Å². The molecule has 0 bridgehead atoms. The van der Waals surface area contributed by atoms with E-state index in [2.05, 4.69) is 35.5 Å². The van der Waals surface area contributed by atoms with E-state index < -0.39 is 0 Å². The third-order valence-corrected chi connectivity index (χ3v) is 4.51. The van der Waals surface area contributed by atoms with Crippen molar-refractivity contribution in [2.24, 2.45) is 0 Å². The number of methoxy groups -OCH3 is 1. The standard InChI is InChI=1S/C20H26N2O3/c1-22-8-7-17-11-15(3-5-18(17)22)13-21-14-16-4-6-19(25-10-9-23)20(12-16)24-2/h3-6,11-12,21,23H,7-10,13-14H2,1-2H3. The molecule has 0 saturated heterocycles. The Morgan fingerprint density at radius 1 is 1.08 bits per heavy atom. The van der Waals surface area contributed by atoms with E-state index in [0.717, 1.165) is 31.6 Å². The first-order valence-electron chi connectivity index (χ1n) is 8.65. The zero-order chi connectivity index (χ0) is 17.6. The summed E-state index contributed by atoms with van der Waals surface area (Å²) in [5.74, 6) is 1.34. The average molecular weight is 342 g/mol. The van der Waals surface area contributed by atoms with Gasteiger partial charge in [0.25, 0.3) is 0 Å². The molecule has 0 spiro atoms. The van der Waals surface area contributed by atoms with Gasteiger partial charge in [-0.2, -0.15) is 0 Å². The van der Waals surface area contributed by atoms with Gasteiger partial charge in [0.15, 0.2) is 11.5 Å². The van der Waals surface area contributed by atoms with E-state index in [4.69, 9.17) is 14.6 Å². The fourth-order valence-electron chi connectivity index (χ4n) is 3.18. The van der Waals surface area contributed by atoms with Crippen molar-refractivity contribution >= 4 is 5.69 Å². The van der Waals surface area contributed by atoms with E-state index in [9.17, 15) is 0 Å². The predicted molar refractivity (Wildman–Crippen MR) is 99.5 cm³/mol. The SMILES string of the molecule is COc1cc(CNCc2ccc3c(c2)CCN3C)ccc1OCCO. The monoisotopic (exact) mass is 342 g/mol. The summed E-state index contributed by atoms with van der Waals surface area (Å²) >= 11 is 0. The average Bonchev–Trinajstić information content (AvgIpc) is 3.01. The normalized spacial score (nSPS) is 13.0. The molecule has 0 atom stereocenters. The van der Waals surface area contributed by atoms with Gasteiger partial charge < -0.3 is 24.8 Å². The van der Waals surface area contributed by atoms with Crippen molar-refractivity contribution in [2.45, 2.75) is 19.5 Å². The maximum absolute atomic E-state index is 8.86. The first kappa shape index (κ1) is 17.6. The molecule has 0 aliphatic carbocycles. The van der Waals surface area contributed by atoms with Crippen molar-refractivity contribution in [1.29, 1.82) is 0 Å². The summed E-state index contributed by atoms with van der Waals surface area (Å²) < 4.78 is 10.8. The Morgan fingerprint density at radius 3 is 2.60 bits per heavy atom. The Labute approximate surface area is 149 Å². The van der Waals surface area contributed by atoms with Crippen molar-refractivity contribution < 1.29 is 14.6 Å². The molecule has 2 aromatic rings. The zero-order valence-corrected chi connectivity index (χ0v) is 14.9. The number of nitrogens with one attached hydrogen (secondary N) is 1. The van der Waals surface area contributed by atoms with Gasteiger partial charge >= 0.3 is 0 Å². The van der Waals surface area contributed by atoms with E-state index in [1.807, 2.05) is 18.2 Å². The fourth-order valence-corrected chi connectivity index (χ4v) is 3.18. The minimum atomic E-state index is -0.0109. The molecule has 1 heterocycles. The second-order valence-electron chi connectivity index (χ2n) is 6.30. The van der Waals surface area contributed by atoms with Crippen LogP contribution in [0.5, 0.6) is 11.5 Å². The number of aliphatic hydroxyl groups is 1. The molecule has 1 aliphatic rings. The minimum Gasteiger partial charge on any atom is -0.493 e. The lowest BCUT2D eigenvalue weighted by molar-refractivity contribution is 0.196. The van der Waals surface area contributed by atoms with Crippen molar-refractivity contribution in [3.63, 3.8) is 0 Å². The second-order valence-corrected chi connectivity index (χ2v) is 6.30. The highest BCUT2D eigenvalue weighted by molar-refractivity contribution is 5.58. The molecule has 2 N–H and O–H groups in total. The van der Waals surface area contributed by atoms with Gasteiger partial charge in [-0.05, 0) is 41.3 Å². The lowest BCUT2D eigenvalue weighted by atomic mass is 10.1. The summed E-state index contributed by atoms with van der Waals surface area (Å²) in [5.41, 5.74) is 5.24. The van der Waals surface area contributed by atoms with E-state index in [0.29, 0.717) is 11.5 Å². The number of anilines is 1. The number of hydrogen-bond acceptors (Lipinski definition) is 5. The molecular formula is C20H26N2O3. The molecule has 5 nitrogen and oxygen atoms in total. The lowest BCUT2D eigenvalue weighted by Gasteiger charge is -2.13. The zero-order valence-electron chi connectivity index (χ0n) is 14.9. The Hall–Kier alpha value is -2.24. The molecule has 25 heavy (non-hydrogen) atoms. The van der Waals surface area contributed by atoms with Gasteiger partial charge in [-0.3, -0.25) is 0 Å². The highest BCUT2D eigenvalue weighted by Crippen LogP contribution is 2.29. The molecule has 0 radical (unpaired) electrons. The van der Waals surface area contributed by atoms with Crippen molar-refractivity contribution in [3.8, 4) is 11.5 Å². The number of nitrogens with zero attached hydrogens (tertiary/aromatic N) is 1. The van der Waals surface area contributed by atoms with Crippen LogP contribution in [0.1, 0.15) is 16.7 Å². The van der Waals surface area contributed by atoms with Crippen molar-refractivity contribution in [2.75, 3.05) is 38.8 Å². The maximum atomic E-state index is 8.86. The first-order valence-corrected chi connectivity index (χ1v) is 8.65. The molecule has 0 aromatic heterocycles. The summed E-state index contributed by atoms with van der Waals surface area (Å²) in [4.78, 5) is 2.30. The number of ether oxygens (including phenoxy) is 2. The van der Waals surface area contributed by atoms with Crippen LogP contribution in [0.2, 0.25) is 0 Å². The number of likely N-dealkylation sites (N-methyl/N-ethyl adjacent to an activating group) is 1. The molecule has 0 amide bonds. The topological polar surface area (TPSA) is 54.0 Å². The Kier molecular flexibility index (Phi) is 5.79. The summed E-state index contributed by atoms with van der Waals surface area (Å²) in [7, 11) is 3.77. The number of aliphatic hydroxyl groups excluding tert-OH is 1. The molecule has 2 aromatic carbocycles. The summed E-state index contributed by atoms with van der Waals surface area (Å²) in [5, 5.41) is 12.3. The number of rotatable bonds is 8. The second kappa shape index (κ2) is 8.23. The van der Waals surface area contributed by atoms with Crippen molar-refractivity contribution in [3.05, 3.63) is 53.1 Å². The fraction of sp³-hybridized carbons (Fsp3) is 0.400. The summed E-state index contributed by atoms with van der Waals surface area (Å²) in [6.07, 6.45) is 1.13. The van der Waals surface area contributed by atoms with E-state index >= 15 is 0 Å². The van der Waals surface area contributed by atoms with Crippen molar-refractivity contribution in [1.82, 2.24) is 5.32 Å². The highest BCUT2D eigenvalue weighted by Gasteiger charge is 2.15. The van der Waals surface area contributed by atoms with E-state index in [1.165, 1.54) is 16.8 Å². The molecule has 1 aliphatic heterocycles. The van der Waals surface area contributed by atoms with Gasteiger partial charge in [-0.15, -0.1) is 0 Å². The number of benzene rings is 2. The molecular weight excluding hydrogens is 316 g/mol. The predicted octanol–water partition coefficient (Wildman–Crippen LogP) is 2.35. The Balaban J connectivity index is 1.57. The van der Waals surface area contributed by atoms with Crippen LogP contribution in [0.3, 0.4) is 0 Å². The van der Waals surface area contributed by atoms with Gasteiger partial charge in [-0.25, -0.2) is 0 Å². The number of fused-ring (bicyclic) bond motifs is 1. The first-order chi connectivity index (χ1) is 12.2. The Morgan fingerprint density at radius 2 is 1.84 bits per heavy atom. The van der Waals surface area contributed by atoms with Crippen LogP contribution in [0.4, 0.5) is 5.69 Å². The summed E-state index contributed by atoms with van der Waals surface area (Å²) in [6, 6.07) is 12.6. The van der Waals surface area contributed by atoms with Crippen LogP contribution in [0.25, 0.3) is 0 Å². The van der Waals surface area contributed by atoms with E-state index in [-0.39, 0.29) is 13.2 Å². The molecule has 5 heteroatoms. The maximum Gasteiger partial charge on any atom is 0.161 e. The van der Waals surface area contributed by atoms with E-state index in [1.54, 1.807) is 7.11 Å². The minimum absolute atomic E-state index is 0.0109. The van der Waals surface area contributed by atoms with Crippen LogP contribution in [-0.4, -0.2) is 39.0 Å². The van der Waals surface area contributed by atoms with Gasteiger partial charge in [0.1, 0.15) is 6.61 Å². The number of hydrogen-bond donors (Lipinski definition) is 2. The smallest absolute Gasteiger partial charge is 0.161 e. The molecule has 0 fully saturated rings. The van der Waals surface area contributed by atoms with Gasteiger partial charge in [-0.1, -0.05) is 18.2 Å². The quantitative estimate of drug-likeness (QED) is 0.771. The summed E-state index contributed by atoms with van der Waals surface area (Å²) in [6.45, 7) is 2.96. The van der Waals surface area contributed by atoms with Crippen LogP contribution < -0.4 is 19.7 Å². The Bertz CT molecular complexity index is 718. The molecule has 3 rings (SSSR count).